The molecule has 2 aromatic rings. The molecule has 1 atom stereocenters. The quantitative estimate of drug-likeness (QED) is 0.514. The number of aliphatic hydroxyl groups is 1. The second kappa shape index (κ2) is 12.5. The van der Waals surface area contributed by atoms with Gasteiger partial charge >= 0.3 is 0 Å². The van der Waals surface area contributed by atoms with Crippen LogP contribution in [0.3, 0.4) is 0 Å². The van der Waals surface area contributed by atoms with E-state index in [-0.39, 0.29) is 0 Å². The van der Waals surface area contributed by atoms with Crippen molar-refractivity contribution in [2.75, 3.05) is 77.6 Å². The van der Waals surface area contributed by atoms with Crippen LogP contribution in [0.25, 0.3) is 0 Å². The standard InChI is InChI=1S/C26H39N5O4/c1-3-34-24-18-22(6-7-23(24)35-17-14-30-12-15-33-16-13-30)19-29(2)20-26(32)8-4-11-31(21-26)25-27-9-5-10-28-25/h5-7,9-10,18,32H,3-4,8,11-17,19-21H2,1-2H3/t26-/m0/s1. The minimum Gasteiger partial charge on any atom is -0.490 e. The van der Waals surface area contributed by atoms with Gasteiger partial charge in [-0.3, -0.25) is 9.80 Å². The molecule has 1 aromatic heterocycles. The summed E-state index contributed by atoms with van der Waals surface area (Å²) in [6.45, 7) is 10.2. The van der Waals surface area contributed by atoms with Crippen molar-refractivity contribution in [3.63, 3.8) is 0 Å². The topological polar surface area (TPSA) is 83.4 Å². The van der Waals surface area contributed by atoms with E-state index >= 15 is 0 Å². The number of anilines is 1. The molecule has 0 amide bonds. The molecule has 9 nitrogen and oxygen atoms in total. The highest BCUT2D eigenvalue weighted by Gasteiger charge is 2.35. The third-order valence-electron chi connectivity index (χ3n) is 6.48. The van der Waals surface area contributed by atoms with Gasteiger partial charge in [-0.05, 0) is 50.6 Å². The van der Waals surface area contributed by atoms with Gasteiger partial charge in [0.2, 0.25) is 5.95 Å². The Hall–Kier alpha value is -2.46. The van der Waals surface area contributed by atoms with E-state index in [1.54, 1.807) is 12.4 Å². The van der Waals surface area contributed by atoms with Crippen LogP contribution in [0.15, 0.2) is 36.7 Å². The molecular formula is C26H39N5O4. The van der Waals surface area contributed by atoms with Crippen LogP contribution in [-0.2, 0) is 11.3 Å². The molecule has 2 saturated heterocycles. The average Bonchev–Trinajstić information content (AvgIpc) is 2.86. The van der Waals surface area contributed by atoms with Crippen LogP contribution in [0.2, 0.25) is 0 Å². The van der Waals surface area contributed by atoms with Crippen molar-refractivity contribution in [1.29, 1.82) is 0 Å². The summed E-state index contributed by atoms with van der Waals surface area (Å²) in [6.07, 6.45) is 5.16. The number of benzene rings is 1. The maximum atomic E-state index is 11.3. The first-order chi connectivity index (χ1) is 17.0. The van der Waals surface area contributed by atoms with E-state index in [4.69, 9.17) is 14.2 Å². The molecular weight excluding hydrogens is 446 g/mol. The van der Waals surface area contributed by atoms with Gasteiger partial charge in [0.25, 0.3) is 0 Å². The summed E-state index contributed by atoms with van der Waals surface area (Å²) in [5.41, 5.74) is 0.316. The van der Waals surface area contributed by atoms with E-state index in [9.17, 15) is 5.11 Å². The highest BCUT2D eigenvalue weighted by Crippen LogP contribution is 2.30. The average molecular weight is 486 g/mol. The normalized spacial score (nSPS) is 21.3. The molecule has 3 heterocycles. The number of ether oxygens (including phenoxy) is 3. The van der Waals surface area contributed by atoms with E-state index in [2.05, 4.69) is 36.8 Å². The molecule has 35 heavy (non-hydrogen) atoms. The number of piperidine rings is 1. The molecule has 0 bridgehead atoms. The molecule has 0 saturated carbocycles. The molecule has 2 aliphatic heterocycles. The van der Waals surface area contributed by atoms with Gasteiger partial charge in [-0.15, -0.1) is 0 Å². The lowest BCUT2D eigenvalue weighted by molar-refractivity contribution is -0.00367. The molecule has 2 fully saturated rings. The van der Waals surface area contributed by atoms with Gasteiger partial charge in [0.15, 0.2) is 11.5 Å². The zero-order valence-electron chi connectivity index (χ0n) is 21.1. The van der Waals surface area contributed by atoms with Crippen molar-refractivity contribution in [2.24, 2.45) is 0 Å². The molecule has 0 unspecified atom stereocenters. The van der Waals surface area contributed by atoms with Gasteiger partial charge < -0.3 is 24.2 Å². The molecule has 0 radical (unpaired) electrons. The third-order valence-corrected chi connectivity index (χ3v) is 6.48. The summed E-state index contributed by atoms with van der Waals surface area (Å²) >= 11 is 0. The summed E-state index contributed by atoms with van der Waals surface area (Å²) in [5, 5.41) is 11.3. The van der Waals surface area contributed by atoms with Gasteiger partial charge in [-0.25, -0.2) is 9.97 Å². The number of morpholine rings is 1. The smallest absolute Gasteiger partial charge is 0.225 e. The maximum absolute atomic E-state index is 11.3. The number of nitrogens with zero attached hydrogens (tertiary/aromatic N) is 5. The largest absolute Gasteiger partial charge is 0.490 e. The highest BCUT2D eigenvalue weighted by molar-refractivity contribution is 5.43. The van der Waals surface area contributed by atoms with Crippen molar-refractivity contribution in [3.05, 3.63) is 42.2 Å². The van der Waals surface area contributed by atoms with Gasteiger partial charge in [0.05, 0.1) is 32.0 Å². The maximum Gasteiger partial charge on any atom is 0.225 e. The fourth-order valence-corrected chi connectivity index (χ4v) is 4.88. The molecule has 1 aromatic carbocycles. The Morgan fingerprint density at radius 3 is 2.69 bits per heavy atom. The van der Waals surface area contributed by atoms with E-state index in [0.29, 0.717) is 38.8 Å². The Labute approximate surface area is 208 Å². The second-order valence-corrected chi connectivity index (χ2v) is 9.49. The van der Waals surface area contributed by atoms with E-state index in [1.165, 1.54) is 0 Å². The van der Waals surface area contributed by atoms with Crippen molar-refractivity contribution >= 4 is 5.95 Å². The minimum atomic E-state index is -0.808. The minimum absolute atomic E-state index is 0.529. The number of aromatic nitrogens is 2. The van der Waals surface area contributed by atoms with Gasteiger partial charge in [0.1, 0.15) is 6.61 Å². The lowest BCUT2D eigenvalue weighted by Crippen LogP contribution is -2.54. The number of rotatable bonds is 11. The van der Waals surface area contributed by atoms with Crippen LogP contribution in [-0.4, -0.2) is 103 Å². The first-order valence-corrected chi connectivity index (χ1v) is 12.7. The summed E-state index contributed by atoms with van der Waals surface area (Å²) in [6, 6.07) is 7.94. The Kier molecular flexibility index (Phi) is 9.14. The first-order valence-electron chi connectivity index (χ1n) is 12.7. The first kappa shape index (κ1) is 25.6. The summed E-state index contributed by atoms with van der Waals surface area (Å²) in [4.78, 5) is 15.3. The fraction of sp³-hybridized carbons (Fsp3) is 0.615. The highest BCUT2D eigenvalue weighted by atomic mass is 16.5. The Morgan fingerprint density at radius 1 is 1.11 bits per heavy atom. The van der Waals surface area contributed by atoms with E-state index < -0.39 is 5.60 Å². The van der Waals surface area contributed by atoms with Crippen molar-refractivity contribution in [3.8, 4) is 11.5 Å². The van der Waals surface area contributed by atoms with Gasteiger partial charge in [-0.2, -0.15) is 0 Å². The van der Waals surface area contributed by atoms with Gasteiger partial charge in [0, 0.05) is 51.7 Å². The zero-order valence-corrected chi connectivity index (χ0v) is 21.1. The molecule has 9 heteroatoms. The van der Waals surface area contributed by atoms with Crippen LogP contribution in [0.1, 0.15) is 25.3 Å². The fourth-order valence-electron chi connectivity index (χ4n) is 4.88. The molecule has 0 aliphatic carbocycles. The van der Waals surface area contributed by atoms with Crippen molar-refractivity contribution in [2.45, 2.75) is 31.9 Å². The van der Waals surface area contributed by atoms with Gasteiger partial charge in [-0.1, -0.05) is 6.07 Å². The SMILES string of the molecule is CCOc1cc(CN(C)C[C@@]2(O)CCCN(c3ncccn3)C2)ccc1OCCN1CCOCC1. The predicted octanol–water partition coefficient (Wildman–Crippen LogP) is 2.05. The van der Waals surface area contributed by atoms with Crippen LogP contribution in [0, 0.1) is 0 Å². The summed E-state index contributed by atoms with van der Waals surface area (Å²) in [5.74, 6) is 2.22. The molecule has 2 aliphatic rings. The molecule has 192 valence electrons. The van der Waals surface area contributed by atoms with Crippen LogP contribution in [0.4, 0.5) is 5.95 Å². The van der Waals surface area contributed by atoms with Crippen molar-refractivity contribution < 1.29 is 19.3 Å². The molecule has 0 spiro atoms. The lowest BCUT2D eigenvalue weighted by Gasteiger charge is -2.41. The Balaban J connectivity index is 1.32. The third kappa shape index (κ3) is 7.51. The van der Waals surface area contributed by atoms with E-state index in [0.717, 1.165) is 69.3 Å². The van der Waals surface area contributed by atoms with Crippen LogP contribution >= 0.6 is 0 Å². The van der Waals surface area contributed by atoms with Crippen LogP contribution in [0.5, 0.6) is 11.5 Å². The van der Waals surface area contributed by atoms with E-state index in [1.807, 2.05) is 26.1 Å². The van der Waals surface area contributed by atoms with Crippen molar-refractivity contribution in [1.82, 2.24) is 19.8 Å². The summed E-state index contributed by atoms with van der Waals surface area (Å²) in [7, 11) is 2.04. The molecule has 4 rings (SSSR count). The number of likely N-dealkylation sites (N-methyl/N-ethyl adjacent to an activating group) is 1. The summed E-state index contributed by atoms with van der Waals surface area (Å²) < 4.78 is 17.4. The number of hydrogen-bond donors (Lipinski definition) is 1. The number of β-amino-alcohol motifs (C(OH)–C–C–N with tert-alkyl or cyclic N) is 1. The Morgan fingerprint density at radius 2 is 1.91 bits per heavy atom. The Bertz CT molecular complexity index is 912. The zero-order chi connectivity index (χ0) is 24.5. The lowest BCUT2D eigenvalue weighted by atomic mass is 9.92. The number of hydrogen-bond acceptors (Lipinski definition) is 9. The predicted molar refractivity (Wildman–Crippen MR) is 135 cm³/mol. The monoisotopic (exact) mass is 485 g/mol. The molecule has 1 N–H and O–H groups in total. The van der Waals surface area contributed by atoms with Crippen LogP contribution < -0.4 is 14.4 Å². The second-order valence-electron chi connectivity index (χ2n) is 9.49.